The van der Waals surface area contributed by atoms with Crippen molar-refractivity contribution in [3.63, 3.8) is 0 Å². The van der Waals surface area contributed by atoms with Crippen molar-refractivity contribution in [1.29, 1.82) is 0 Å². The van der Waals surface area contributed by atoms with Gasteiger partial charge in [0.2, 0.25) is 0 Å². The van der Waals surface area contributed by atoms with Gasteiger partial charge in [-0.2, -0.15) is 0 Å². The van der Waals surface area contributed by atoms with Gasteiger partial charge in [-0.1, -0.05) is 26.7 Å². The number of aliphatic hydroxyl groups excluding tert-OH is 1. The average molecular weight is 214 g/mol. The molecule has 1 rings (SSSR count). The van der Waals surface area contributed by atoms with Gasteiger partial charge in [0.25, 0.3) is 0 Å². The Bertz CT molecular complexity index is 207. The van der Waals surface area contributed by atoms with Crippen molar-refractivity contribution in [3.05, 3.63) is 0 Å². The normalized spacial score (nSPS) is 30.9. The average Bonchev–Trinajstić information content (AvgIpc) is 2.17. The van der Waals surface area contributed by atoms with E-state index in [9.17, 15) is 9.90 Å². The van der Waals surface area contributed by atoms with Gasteiger partial charge in [0.1, 0.15) is 0 Å². The predicted molar refractivity (Wildman–Crippen MR) is 58.5 cm³/mol. The zero-order valence-corrected chi connectivity index (χ0v) is 9.65. The number of aliphatic carboxylic acids is 1. The van der Waals surface area contributed by atoms with Crippen molar-refractivity contribution >= 4 is 5.97 Å². The quantitative estimate of drug-likeness (QED) is 0.755. The second kappa shape index (κ2) is 5.50. The molecule has 3 heteroatoms. The molecule has 2 unspecified atom stereocenters. The molecule has 0 aliphatic heterocycles. The van der Waals surface area contributed by atoms with Gasteiger partial charge in [0.15, 0.2) is 0 Å². The first-order chi connectivity index (χ1) is 7.00. The lowest BCUT2D eigenvalue weighted by atomic mass is 9.77. The fraction of sp³-hybridized carbons (Fsp3) is 0.917. The lowest BCUT2D eigenvalue weighted by molar-refractivity contribution is -0.139. The highest BCUT2D eigenvalue weighted by molar-refractivity contribution is 5.67. The maximum atomic E-state index is 10.5. The summed E-state index contributed by atoms with van der Waals surface area (Å²) in [5.74, 6) is 0.144. The number of rotatable bonds is 4. The molecule has 0 heterocycles. The first-order valence-electron chi connectivity index (χ1n) is 5.90. The minimum Gasteiger partial charge on any atom is -0.481 e. The minimum absolute atomic E-state index is 0.0766. The highest BCUT2D eigenvalue weighted by Crippen LogP contribution is 2.33. The lowest BCUT2D eigenvalue weighted by Gasteiger charge is -2.32. The SMILES string of the molecule is CC1CCC(C(O)C(C)CC(=O)O)CC1. The molecule has 2 N–H and O–H groups in total. The lowest BCUT2D eigenvalue weighted by Crippen LogP contribution is -2.31. The molecule has 0 spiro atoms. The van der Waals surface area contributed by atoms with Crippen LogP contribution in [-0.4, -0.2) is 22.3 Å². The van der Waals surface area contributed by atoms with E-state index < -0.39 is 12.1 Å². The van der Waals surface area contributed by atoms with Gasteiger partial charge in [0.05, 0.1) is 12.5 Å². The Morgan fingerprint density at radius 2 is 1.87 bits per heavy atom. The van der Waals surface area contributed by atoms with Gasteiger partial charge in [-0.15, -0.1) is 0 Å². The van der Waals surface area contributed by atoms with Crippen molar-refractivity contribution in [2.45, 2.75) is 52.1 Å². The molecule has 1 fully saturated rings. The molecule has 1 saturated carbocycles. The van der Waals surface area contributed by atoms with Crippen molar-refractivity contribution in [2.75, 3.05) is 0 Å². The van der Waals surface area contributed by atoms with Crippen LogP contribution >= 0.6 is 0 Å². The third kappa shape index (κ3) is 3.82. The van der Waals surface area contributed by atoms with Crippen LogP contribution in [0.25, 0.3) is 0 Å². The number of carbonyl (C=O) groups is 1. The summed E-state index contributed by atoms with van der Waals surface area (Å²) in [7, 11) is 0. The van der Waals surface area contributed by atoms with Crippen molar-refractivity contribution < 1.29 is 15.0 Å². The third-order valence-electron chi connectivity index (χ3n) is 3.62. The maximum absolute atomic E-state index is 10.5. The highest BCUT2D eigenvalue weighted by atomic mass is 16.4. The smallest absolute Gasteiger partial charge is 0.303 e. The van der Waals surface area contributed by atoms with E-state index >= 15 is 0 Å². The summed E-state index contributed by atoms with van der Waals surface area (Å²) in [5.41, 5.74) is 0. The highest BCUT2D eigenvalue weighted by Gasteiger charge is 2.29. The number of hydrogen-bond donors (Lipinski definition) is 2. The number of carboxylic acids is 1. The topological polar surface area (TPSA) is 57.5 Å². The fourth-order valence-electron chi connectivity index (χ4n) is 2.49. The summed E-state index contributed by atoms with van der Waals surface area (Å²) >= 11 is 0. The van der Waals surface area contributed by atoms with E-state index in [0.717, 1.165) is 18.8 Å². The van der Waals surface area contributed by atoms with Gasteiger partial charge >= 0.3 is 5.97 Å². The fourth-order valence-corrected chi connectivity index (χ4v) is 2.49. The molecule has 2 atom stereocenters. The summed E-state index contributed by atoms with van der Waals surface area (Å²) in [6.07, 6.45) is 4.07. The van der Waals surface area contributed by atoms with E-state index in [0.29, 0.717) is 5.92 Å². The Morgan fingerprint density at radius 1 is 1.33 bits per heavy atom. The zero-order chi connectivity index (χ0) is 11.4. The van der Waals surface area contributed by atoms with Crippen molar-refractivity contribution in [2.24, 2.45) is 17.8 Å². The standard InChI is InChI=1S/C12H22O3/c1-8-3-5-10(6-4-8)12(15)9(2)7-11(13)14/h8-10,12,15H,3-7H2,1-2H3,(H,13,14). The van der Waals surface area contributed by atoms with Crippen LogP contribution in [0.2, 0.25) is 0 Å². The molecule has 88 valence electrons. The Labute approximate surface area is 91.5 Å². The molecule has 0 aromatic carbocycles. The van der Waals surface area contributed by atoms with Crippen LogP contribution in [-0.2, 0) is 4.79 Å². The van der Waals surface area contributed by atoms with Crippen LogP contribution in [0.5, 0.6) is 0 Å². The van der Waals surface area contributed by atoms with Crippen LogP contribution in [0, 0.1) is 17.8 Å². The molecule has 0 aromatic heterocycles. The van der Waals surface area contributed by atoms with E-state index in [1.165, 1.54) is 12.8 Å². The zero-order valence-electron chi connectivity index (χ0n) is 9.65. The molecule has 0 radical (unpaired) electrons. The molecule has 0 bridgehead atoms. The van der Waals surface area contributed by atoms with E-state index in [2.05, 4.69) is 6.92 Å². The monoisotopic (exact) mass is 214 g/mol. The summed E-state index contributed by atoms with van der Waals surface area (Å²) in [6.45, 7) is 4.07. The predicted octanol–water partition coefficient (Wildman–Crippen LogP) is 2.28. The minimum atomic E-state index is -0.814. The van der Waals surface area contributed by atoms with Gasteiger partial charge < -0.3 is 10.2 Å². The molecule has 0 aromatic rings. The van der Waals surface area contributed by atoms with Crippen LogP contribution < -0.4 is 0 Å². The summed E-state index contributed by atoms with van der Waals surface area (Å²) in [4.78, 5) is 10.5. The largest absolute Gasteiger partial charge is 0.481 e. The molecule has 1 aliphatic rings. The summed E-state index contributed by atoms with van der Waals surface area (Å²) in [5, 5.41) is 18.7. The Hall–Kier alpha value is -0.570. The molecule has 1 aliphatic carbocycles. The molecular weight excluding hydrogens is 192 g/mol. The summed E-state index contributed by atoms with van der Waals surface area (Å²) < 4.78 is 0. The molecular formula is C12H22O3. The first kappa shape index (κ1) is 12.5. The molecule has 3 nitrogen and oxygen atoms in total. The second-order valence-electron chi connectivity index (χ2n) is 5.09. The van der Waals surface area contributed by atoms with Crippen LogP contribution in [0.3, 0.4) is 0 Å². The van der Waals surface area contributed by atoms with Crippen LogP contribution in [0.15, 0.2) is 0 Å². The van der Waals surface area contributed by atoms with E-state index in [-0.39, 0.29) is 12.3 Å². The first-order valence-corrected chi connectivity index (χ1v) is 5.90. The maximum Gasteiger partial charge on any atom is 0.303 e. The Kier molecular flexibility index (Phi) is 4.58. The summed E-state index contributed by atoms with van der Waals surface area (Å²) in [6, 6.07) is 0. The van der Waals surface area contributed by atoms with E-state index in [4.69, 9.17) is 5.11 Å². The molecule has 15 heavy (non-hydrogen) atoms. The van der Waals surface area contributed by atoms with E-state index in [1.807, 2.05) is 6.92 Å². The van der Waals surface area contributed by atoms with Crippen LogP contribution in [0.1, 0.15) is 46.0 Å². The van der Waals surface area contributed by atoms with Crippen molar-refractivity contribution in [1.82, 2.24) is 0 Å². The Balaban J connectivity index is 2.38. The number of hydrogen-bond acceptors (Lipinski definition) is 2. The second-order valence-corrected chi connectivity index (χ2v) is 5.09. The third-order valence-corrected chi connectivity index (χ3v) is 3.62. The van der Waals surface area contributed by atoms with Gasteiger partial charge in [-0.25, -0.2) is 0 Å². The Morgan fingerprint density at radius 3 is 2.33 bits per heavy atom. The van der Waals surface area contributed by atoms with Crippen LogP contribution in [0.4, 0.5) is 0 Å². The van der Waals surface area contributed by atoms with Crippen molar-refractivity contribution in [3.8, 4) is 0 Å². The number of carboxylic acid groups (broad SMARTS) is 1. The van der Waals surface area contributed by atoms with Gasteiger partial charge in [-0.05, 0) is 30.6 Å². The van der Waals surface area contributed by atoms with Gasteiger partial charge in [-0.3, -0.25) is 4.79 Å². The van der Waals surface area contributed by atoms with Gasteiger partial charge in [0, 0.05) is 0 Å². The molecule has 0 amide bonds. The van der Waals surface area contributed by atoms with E-state index in [1.54, 1.807) is 0 Å². The number of aliphatic hydroxyl groups is 1. The molecule has 0 saturated heterocycles.